The van der Waals surface area contributed by atoms with Gasteiger partial charge in [-0.2, -0.15) is 0 Å². The second-order valence-corrected chi connectivity index (χ2v) is 7.31. The molecule has 0 saturated heterocycles. The van der Waals surface area contributed by atoms with Crippen molar-refractivity contribution in [2.45, 2.75) is 32.2 Å². The van der Waals surface area contributed by atoms with Crippen LogP contribution < -0.4 is 0 Å². The van der Waals surface area contributed by atoms with E-state index >= 15 is 0 Å². The van der Waals surface area contributed by atoms with Crippen molar-refractivity contribution in [3.05, 3.63) is 83.6 Å². The molecule has 1 amide bonds. The molecule has 2 aromatic carbocycles. The zero-order valence-electron chi connectivity index (χ0n) is 16.0. The van der Waals surface area contributed by atoms with Crippen LogP contribution in [0.5, 0.6) is 5.75 Å². The maximum absolute atomic E-state index is 13.4. The Hall–Kier alpha value is -3.14. The average Bonchev–Trinajstić information content (AvgIpc) is 3.16. The number of aromatic nitrogens is 1. The van der Waals surface area contributed by atoms with Gasteiger partial charge in [0, 0.05) is 23.7 Å². The number of carbonyl (C=O) groups is 1. The van der Waals surface area contributed by atoms with Crippen LogP contribution in [0.3, 0.4) is 0 Å². The Morgan fingerprint density at radius 3 is 2.46 bits per heavy atom. The number of carbonyl (C=O) groups excluding carboxylic acids is 1. The van der Waals surface area contributed by atoms with Crippen LogP contribution in [-0.4, -0.2) is 33.5 Å². The summed E-state index contributed by atoms with van der Waals surface area (Å²) in [6.45, 7) is 2.86. The molecule has 0 bridgehead atoms. The third-order valence-corrected chi connectivity index (χ3v) is 5.35. The lowest BCUT2D eigenvalue weighted by atomic mass is 10.0. The minimum atomic E-state index is 0.0697. The highest BCUT2D eigenvalue weighted by molar-refractivity contribution is 5.95. The molecule has 0 saturated carbocycles. The minimum absolute atomic E-state index is 0.0697. The van der Waals surface area contributed by atoms with Crippen LogP contribution in [0.4, 0.5) is 0 Å². The van der Waals surface area contributed by atoms with Gasteiger partial charge in [0.05, 0.1) is 11.9 Å². The van der Waals surface area contributed by atoms with Crippen molar-refractivity contribution in [2.24, 2.45) is 0 Å². The first-order chi connectivity index (χ1) is 13.7. The van der Waals surface area contributed by atoms with Crippen molar-refractivity contribution < 1.29 is 9.90 Å². The van der Waals surface area contributed by atoms with Gasteiger partial charge in [0.2, 0.25) is 0 Å². The largest absolute Gasteiger partial charge is 0.506 e. The third-order valence-electron chi connectivity index (χ3n) is 5.35. The molecule has 1 aromatic heterocycles. The highest BCUT2D eigenvalue weighted by Gasteiger charge is 2.29. The van der Waals surface area contributed by atoms with Crippen LogP contribution in [0.2, 0.25) is 0 Å². The molecule has 4 heteroatoms. The fourth-order valence-electron chi connectivity index (χ4n) is 3.98. The summed E-state index contributed by atoms with van der Waals surface area (Å²) in [5.41, 5.74) is 4.99. The number of fused-ring (bicyclic) bond motifs is 1. The molecule has 0 atom stereocenters. The molecule has 3 aromatic rings. The Kier molecular flexibility index (Phi) is 5.11. The smallest absolute Gasteiger partial charge is 0.254 e. The average molecular weight is 372 g/mol. The molecule has 4 rings (SSSR count). The van der Waals surface area contributed by atoms with Gasteiger partial charge in [-0.15, -0.1) is 0 Å². The zero-order chi connectivity index (χ0) is 19.5. The molecule has 0 unspecified atom stereocenters. The van der Waals surface area contributed by atoms with Crippen LogP contribution >= 0.6 is 0 Å². The molecule has 0 aliphatic heterocycles. The summed E-state index contributed by atoms with van der Waals surface area (Å²) < 4.78 is 0. The number of aromatic hydroxyl groups is 1. The van der Waals surface area contributed by atoms with E-state index < -0.39 is 0 Å². The lowest BCUT2D eigenvalue weighted by molar-refractivity contribution is 0.0685. The van der Waals surface area contributed by atoms with E-state index in [0.29, 0.717) is 5.56 Å². The molecule has 0 fully saturated rings. The van der Waals surface area contributed by atoms with E-state index in [-0.39, 0.29) is 17.7 Å². The predicted octanol–water partition coefficient (Wildman–Crippen LogP) is 4.47. The van der Waals surface area contributed by atoms with E-state index in [1.54, 1.807) is 12.1 Å². The second kappa shape index (κ2) is 7.85. The number of benzene rings is 2. The van der Waals surface area contributed by atoms with Crippen molar-refractivity contribution in [3.8, 4) is 17.0 Å². The SMILES string of the molecule is CCCN(C(=O)c1cccc(-c2ccc(O)cn2)c1)C1Cc2ccccc2C1. The molecule has 1 N–H and O–H groups in total. The second-order valence-electron chi connectivity index (χ2n) is 7.31. The van der Waals surface area contributed by atoms with Gasteiger partial charge in [-0.1, -0.05) is 43.3 Å². The fourth-order valence-corrected chi connectivity index (χ4v) is 3.98. The lowest BCUT2D eigenvalue weighted by Gasteiger charge is -2.29. The van der Waals surface area contributed by atoms with Crippen LogP contribution in [-0.2, 0) is 12.8 Å². The van der Waals surface area contributed by atoms with Gasteiger partial charge in [0.15, 0.2) is 0 Å². The van der Waals surface area contributed by atoms with Gasteiger partial charge >= 0.3 is 0 Å². The predicted molar refractivity (Wildman–Crippen MR) is 110 cm³/mol. The van der Waals surface area contributed by atoms with Gasteiger partial charge in [-0.25, -0.2) is 0 Å². The van der Waals surface area contributed by atoms with E-state index in [4.69, 9.17) is 0 Å². The third kappa shape index (κ3) is 3.63. The minimum Gasteiger partial charge on any atom is -0.506 e. The van der Waals surface area contributed by atoms with E-state index in [1.165, 1.54) is 17.3 Å². The summed E-state index contributed by atoms with van der Waals surface area (Å²) in [7, 11) is 0. The Balaban J connectivity index is 1.60. The molecule has 28 heavy (non-hydrogen) atoms. The molecule has 0 spiro atoms. The van der Waals surface area contributed by atoms with Crippen molar-refractivity contribution in [1.29, 1.82) is 0 Å². The van der Waals surface area contributed by atoms with Gasteiger partial charge in [0.25, 0.3) is 5.91 Å². The quantitative estimate of drug-likeness (QED) is 0.719. The van der Waals surface area contributed by atoms with Gasteiger partial charge in [-0.05, 0) is 54.7 Å². The summed E-state index contributed by atoms with van der Waals surface area (Å²) in [4.78, 5) is 19.7. The van der Waals surface area contributed by atoms with Crippen molar-refractivity contribution in [2.75, 3.05) is 6.54 Å². The number of pyridine rings is 1. The summed E-state index contributed by atoms with van der Waals surface area (Å²) in [5, 5.41) is 9.45. The Bertz CT molecular complexity index is 957. The van der Waals surface area contributed by atoms with E-state index in [2.05, 4.69) is 36.2 Å². The normalized spacial score (nSPS) is 13.3. The Morgan fingerprint density at radius 2 is 1.82 bits per heavy atom. The molecule has 4 nitrogen and oxygen atoms in total. The zero-order valence-corrected chi connectivity index (χ0v) is 16.0. The van der Waals surface area contributed by atoms with Gasteiger partial charge in [0.1, 0.15) is 5.75 Å². The monoisotopic (exact) mass is 372 g/mol. The van der Waals surface area contributed by atoms with Crippen LogP contribution in [0.25, 0.3) is 11.3 Å². The van der Waals surface area contributed by atoms with Crippen molar-refractivity contribution in [1.82, 2.24) is 9.88 Å². The van der Waals surface area contributed by atoms with E-state index in [0.717, 1.165) is 37.1 Å². The molecule has 1 aliphatic carbocycles. The van der Waals surface area contributed by atoms with Crippen LogP contribution in [0.1, 0.15) is 34.8 Å². The first-order valence-electron chi connectivity index (χ1n) is 9.79. The molecule has 1 heterocycles. The summed E-state index contributed by atoms with van der Waals surface area (Å²) in [6, 6.07) is 19.6. The van der Waals surface area contributed by atoms with Gasteiger partial charge < -0.3 is 10.0 Å². The van der Waals surface area contributed by atoms with E-state index in [1.807, 2.05) is 29.2 Å². The lowest BCUT2D eigenvalue weighted by Crippen LogP contribution is -2.41. The first-order valence-corrected chi connectivity index (χ1v) is 9.79. The van der Waals surface area contributed by atoms with Crippen molar-refractivity contribution in [3.63, 3.8) is 0 Å². The van der Waals surface area contributed by atoms with Crippen LogP contribution in [0, 0.1) is 0 Å². The molecule has 142 valence electrons. The number of nitrogens with zero attached hydrogens (tertiary/aromatic N) is 2. The molecule has 1 aliphatic rings. The summed E-state index contributed by atoms with van der Waals surface area (Å²) >= 11 is 0. The first kappa shape index (κ1) is 18.2. The number of hydrogen-bond donors (Lipinski definition) is 1. The Morgan fingerprint density at radius 1 is 1.07 bits per heavy atom. The topological polar surface area (TPSA) is 53.4 Å². The van der Waals surface area contributed by atoms with E-state index in [9.17, 15) is 9.90 Å². The number of hydrogen-bond acceptors (Lipinski definition) is 3. The maximum Gasteiger partial charge on any atom is 0.254 e. The number of rotatable bonds is 5. The molecule has 0 radical (unpaired) electrons. The van der Waals surface area contributed by atoms with Crippen molar-refractivity contribution >= 4 is 5.91 Å². The summed E-state index contributed by atoms with van der Waals surface area (Å²) in [6.07, 6.45) is 4.18. The Labute approximate surface area is 165 Å². The molecular weight excluding hydrogens is 348 g/mol. The summed E-state index contributed by atoms with van der Waals surface area (Å²) in [5.74, 6) is 0.200. The highest BCUT2D eigenvalue weighted by atomic mass is 16.3. The maximum atomic E-state index is 13.4. The highest BCUT2D eigenvalue weighted by Crippen LogP contribution is 2.27. The standard InChI is InChI=1S/C24H24N2O2/c1-2-12-26(21-14-17-6-3-4-7-18(17)15-21)24(28)20-9-5-8-19(13-20)23-11-10-22(27)16-25-23/h3-11,13,16,21,27H,2,12,14-15H2,1H3. The van der Waals surface area contributed by atoms with Crippen LogP contribution in [0.15, 0.2) is 66.9 Å². The van der Waals surface area contributed by atoms with Gasteiger partial charge in [-0.3, -0.25) is 9.78 Å². The molecular formula is C24H24N2O2. The fraction of sp³-hybridized carbons (Fsp3) is 0.250. The number of amides is 1.